The lowest BCUT2D eigenvalue weighted by molar-refractivity contribution is 0.0697. The van der Waals surface area contributed by atoms with Crippen molar-refractivity contribution in [3.05, 3.63) is 93.0 Å². The topological polar surface area (TPSA) is 67.8 Å². The third-order valence-corrected chi connectivity index (χ3v) is 5.10. The second-order valence-electron chi connectivity index (χ2n) is 6.58. The average Bonchev–Trinajstić information content (AvgIpc) is 2.74. The maximum Gasteiger partial charge on any atom is 0.335 e. The maximum absolute atomic E-state index is 11.0. The van der Waals surface area contributed by atoms with Gasteiger partial charge in [0.05, 0.1) is 12.7 Å². The zero-order valence-corrected chi connectivity index (χ0v) is 19.1. The van der Waals surface area contributed by atoms with E-state index >= 15 is 0 Å². The van der Waals surface area contributed by atoms with Gasteiger partial charge in [-0.1, -0.05) is 53.5 Å². The van der Waals surface area contributed by atoms with Gasteiger partial charge in [-0.3, -0.25) is 0 Å². The predicted molar refractivity (Wildman–Crippen MR) is 125 cm³/mol. The van der Waals surface area contributed by atoms with E-state index in [1.54, 1.807) is 43.5 Å². The van der Waals surface area contributed by atoms with Crippen molar-refractivity contribution in [1.29, 1.82) is 0 Å². The first-order chi connectivity index (χ1) is 14.5. The number of rotatable bonds is 9. The third kappa shape index (κ3) is 6.77. The number of nitrogens with one attached hydrogen (secondary N) is 1. The van der Waals surface area contributed by atoms with Crippen LogP contribution in [0.1, 0.15) is 27.0 Å². The molecule has 164 valence electrons. The monoisotopic (exact) mass is 481 g/mol. The Morgan fingerprint density at radius 2 is 1.74 bits per heavy atom. The summed E-state index contributed by atoms with van der Waals surface area (Å²) in [5.41, 5.74) is 3.01. The number of methoxy groups -OCH3 is 1. The number of ether oxygens (including phenoxy) is 2. The highest BCUT2D eigenvalue weighted by Crippen LogP contribution is 2.32. The van der Waals surface area contributed by atoms with Crippen molar-refractivity contribution in [2.45, 2.75) is 19.7 Å². The molecule has 3 aromatic rings. The fourth-order valence-corrected chi connectivity index (χ4v) is 3.38. The Kier molecular flexibility index (Phi) is 9.46. The van der Waals surface area contributed by atoms with Gasteiger partial charge in [0.25, 0.3) is 0 Å². The number of hydrogen-bond acceptors (Lipinski definition) is 4. The Balaban J connectivity index is 0.00000341. The van der Waals surface area contributed by atoms with Crippen molar-refractivity contribution in [2.24, 2.45) is 0 Å². The molecule has 0 aliphatic carbocycles. The fraction of sp³-hybridized carbons (Fsp3) is 0.174. The zero-order valence-electron chi connectivity index (χ0n) is 16.7. The standard InChI is InChI=1S/C23H21Cl2NO4.ClH/c1-29-21-4-2-3-17(13-26-12-15-5-7-16(8-6-15)23(27)28)22(21)30-14-18-9-10-19(24)11-20(18)25;/h2-11,26H,12-14H2,1H3,(H,27,28);1H. The zero-order chi connectivity index (χ0) is 21.5. The van der Waals surface area contributed by atoms with E-state index in [9.17, 15) is 4.79 Å². The number of hydrogen-bond donors (Lipinski definition) is 2. The van der Waals surface area contributed by atoms with Gasteiger partial charge >= 0.3 is 5.97 Å². The summed E-state index contributed by atoms with van der Waals surface area (Å²) in [7, 11) is 1.60. The molecular formula is C23H22Cl3NO4. The van der Waals surface area contributed by atoms with E-state index in [-0.39, 0.29) is 24.6 Å². The molecule has 8 heteroatoms. The minimum absolute atomic E-state index is 0. The van der Waals surface area contributed by atoms with E-state index in [4.69, 9.17) is 37.8 Å². The van der Waals surface area contributed by atoms with Crippen LogP contribution in [0.5, 0.6) is 11.5 Å². The van der Waals surface area contributed by atoms with Crippen LogP contribution < -0.4 is 14.8 Å². The molecule has 0 aromatic heterocycles. The Bertz CT molecular complexity index is 1030. The van der Waals surface area contributed by atoms with Crippen molar-refractivity contribution < 1.29 is 19.4 Å². The van der Waals surface area contributed by atoms with Gasteiger partial charge in [-0.15, -0.1) is 12.4 Å². The lowest BCUT2D eigenvalue weighted by Crippen LogP contribution is -2.14. The van der Waals surface area contributed by atoms with Crippen molar-refractivity contribution >= 4 is 41.6 Å². The SMILES string of the molecule is COc1cccc(CNCc2ccc(C(=O)O)cc2)c1OCc1ccc(Cl)cc1Cl.Cl. The largest absolute Gasteiger partial charge is 0.493 e. The van der Waals surface area contributed by atoms with Crippen molar-refractivity contribution in [3.8, 4) is 11.5 Å². The van der Waals surface area contributed by atoms with Crippen LogP contribution in [0.25, 0.3) is 0 Å². The van der Waals surface area contributed by atoms with Gasteiger partial charge in [-0.25, -0.2) is 4.79 Å². The van der Waals surface area contributed by atoms with Gasteiger partial charge in [0, 0.05) is 34.3 Å². The van der Waals surface area contributed by atoms with Gasteiger partial charge in [0.2, 0.25) is 0 Å². The number of halogens is 3. The van der Waals surface area contributed by atoms with E-state index in [0.29, 0.717) is 34.6 Å². The molecule has 3 rings (SSSR count). The fourth-order valence-electron chi connectivity index (χ4n) is 2.92. The van der Waals surface area contributed by atoms with Crippen molar-refractivity contribution in [1.82, 2.24) is 5.32 Å². The van der Waals surface area contributed by atoms with Crippen LogP contribution in [0.3, 0.4) is 0 Å². The average molecular weight is 483 g/mol. The summed E-state index contributed by atoms with van der Waals surface area (Å²) in [4.78, 5) is 11.0. The number of aromatic carboxylic acids is 1. The summed E-state index contributed by atoms with van der Waals surface area (Å²) in [5.74, 6) is 0.332. The van der Waals surface area contributed by atoms with Gasteiger partial charge < -0.3 is 19.9 Å². The summed E-state index contributed by atoms with van der Waals surface area (Å²) in [5, 5.41) is 13.5. The molecule has 0 amide bonds. The van der Waals surface area contributed by atoms with E-state index < -0.39 is 5.97 Å². The molecule has 0 aliphatic rings. The number of benzene rings is 3. The number of carbonyl (C=O) groups is 1. The molecule has 0 spiro atoms. The lowest BCUT2D eigenvalue weighted by atomic mass is 10.1. The maximum atomic E-state index is 11.0. The Morgan fingerprint density at radius 3 is 2.39 bits per heavy atom. The second-order valence-corrected chi connectivity index (χ2v) is 7.42. The molecule has 0 saturated heterocycles. The van der Waals surface area contributed by atoms with Gasteiger partial charge in [0.1, 0.15) is 6.61 Å². The molecular weight excluding hydrogens is 461 g/mol. The third-order valence-electron chi connectivity index (χ3n) is 4.51. The molecule has 0 bridgehead atoms. The summed E-state index contributed by atoms with van der Waals surface area (Å²) in [6.45, 7) is 1.40. The first-order valence-corrected chi connectivity index (χ1v) is 9.99. The van der Waals surface area contributed by atoms with E-state index in [1.165, 1.54) is 0 Å². The highest BCUT2D eigenvalue weighted by molar-refractivity contribution is 6.35. The van der Waals surface area contributed by atoms with Crippen LogP contribution in [0.4, 0.5) is 0 Å². The van der Waals surface area contributed by atoms with Crippen LogP contribution in [0, 0.1) is 0 Å². The summed E-state index contributed by atoms with van der Waals surface area (Å²) >= 11 is 12.2. The molecule has 2 N–H and O–H groups in total. The normalized spacial score (nSPS) is 10.3. The minimum Gasteiger partial charge on any atom is -0.493 e. The lowest BCUT2D eigenvalue weighted by Gasteiger charge is -2.16. The van der Waals surface area contributed by atoms with Gasteiger partial charge in [-0.2, -0.15) is 0 Å². The van der Waals surface area contributed by atoms with Crippen molar-refractivity contribution in [3.63, 3.8) is 0 Å². The van der Waals surface area contributed by atoms with E-state index in [0.717, 1.165) is 16.7 Å². The quantitative estimate of drug-likeness (QED) is 0.392. The first-order valence-electron chi connectivity index (χ1n) is 9.23. The van der Waals surface area contributed by atoms with Crippen molar-refractivity contribution in [2.75, 3.05) is 7.11 Å². The molecule has 0 fully saturated rings. The van der Waals surface area contributed by atoms with Gasteiger partial charge in [0.15, 0.2) is 11.5 Å². The molecule has 5 nitrogen and oxygen atoms in total. The van der Waals surface area contributed by atoms with E-state index in [2.05, 4.69) is 5.32 Å². The molecule has 0 radical (unpaired) electrons. The number of para-hydroxylation sites is 1. The van der Waals surface area contributed by atoms with Crippen LogP contribution in [-0.4, -0.2) is 18.2 Å². The highest BCUT2D eigenvalue weighted by atomic mass is 35.5. The number of carboxylic acids is 1. The second kappa shape index (κ2) is 11.8. The van der Waals surface area contributed by atoms with Crippen LogP contribution >= 0.6 is 35.6 Å². The summed E-state index contributed by atoms with van der Waals surface area (Å²) < 4.78 is 11.5. The molecule has 0 atom stereocenters. The first kappa shape index (κ1) is 24.8. The van der Waals surface area contributed by atoms with Crippen LogP contribution in [0.2, 0.25) is 10.0 Å². The Hall–Kier alpha value is -2.44. The molecule has 31 heavy (non-hydrogen) atoms. The smallest absolute Gasteiger partial charge is 0.335 e. The Morgan fingerprint density at radius 1 is 1.00 bits per heavy atom. The van der Waals surface area contributed by atoms with Crippen LogP contribution in [-0.2, 0) is 19.7 Å². The molecule has 0 unspecified atom stereocenters. The predicted octanol–water partition coefficient (Wildman–Crippen LogP) is 5.99. The summed E-state index contributed by atoms with van der Waals surface area (Å²) in [6, 6.07) is 17.8. The summed E-state index contributed by atoms with van der Waals surface area (Å²) in [6.07, 6.45) is 0. The highest BCUT2D eigenvalue weighted by Gasteiger charge is 2.12. The van der Waals surface area contributed by atoms with Gasteiger partial charge in [-0.05, 0) is 35.9 Å². The van der Waals surface area contributed by atoms with E-state index in [1.807, 2.05) is 24.3 Å². The van der Waals surface area contributed by atoms with Crippen LogP contribution in [0.15, 0.2) is 60.7 Å². The molecule has 3 aromatic carbocycles. The number of carboxylic acid groups (broad SMARTS) is 1. The minimum atomic E-state index is -0.937. The molecule has 0 aliphatic heterocycles. The Labute approximate surface area is 197 Å². The molecule has 0 heterocycles. The molecule has 0 saturated carbocycles.